The lowest BCUT2D eigenvalue weighted by atomic mass is 10.1. The molecule has 0 saturated carbocycles. The summed E-state index contributed by atoms with van der Waals surface area (Å²) in [6.45, 7) is 0.870. The van der Waals surface area contributed by atoms with Gasteiger partial charge in [0.25, 0.3) is 5.91 Å². The van der Waals surface area contributed by atoms with Crippen molar-refractivity contribution in [3.8, 4) is 5.75 Å². The highest BCUT2D eigenvalue weighted by atomic mass is 16.5. The average molecular weight is 347 g/mol. The Hall–Kier alpha value is -3.11. The number of carbonyl (C=O) groups excluding carboxylic acids is 1. The zero-order valence-corrected chi connectivity index (χ0v) is 14.6. The second-order valence-corrected chi connectivity index (χ2v) is 5.83. The third kappa shape index (κ3) is 4.71. The van der Waals surface area contributed by atoms with Gasteiger partial charge < -0.3 is 14.8 Å². The molecular weight excluding hydrogens is 326 g/mol. The van der Waals surface area contributed by atoms with Crippen LogP contribution in [0.5, 0.6) is 5.75 Å². The fourth-order valence-electron chi connectivity index (χ4n) is 2.61. The quantitative estimate of drug-likeness (QED) is 0.676. The fraction of sp³-hybridized carbons (Fsp3) is 0.136. The summed E-state index contributed by atoms with van der Waals surface area (Å²) >= 11 is 0. The molecule has 3 aromatic rings. The van der Waals surface area contributed by atoms with Gasteiger partial charge in [-0.2, -0.15) is 0 Å². The van der Waals surface area contributed by atoms with Crippen LogP contribution in [0.2, 0.25) is 0 Å². The molecule has 1 N–H and O–H groups in total. The van der Waals surface area contributed by atoms with Crippen LogP contribution in [0.3, 0.4) is 0 Å². The summed E-state index contributed by atoms with van der Waals surface area (Å²) in [7, 11) is 1.61. The maximum Gasteiger partial charge on any atom is 0.255 e. The highest BCUT2D eigenvalue weighted by Gasteiger charge is 2.11. The number of methoxy groups -OCH3 is 1. The number of carbonyl (C=O) groups is 1. The molecule has 4 nitrogen and oxygen atoms in total. The summed E-state index contributed by atoms with van der Waals surface area (Å²) in [5, 5.41) is 2.88. The van der Waals surface area contributed by atoms with E-state index < -0.39 is 0 Å². The lowest BCUT2D eigenvalue weighted by Crippen LogP contribution is -2.12. The third-order valence-corrected chi connectivity index (χ3v) is 3.94. The minimum Gasteiger partial charge on any atom is -0.496 e. The Morgan fingerprint density at radius 3 is 2.27 bits per heavy atom. The van der Waals surface area contributed by atoms with Crippen LogP contribution in [0.1, 0.15) is 21.5 Å². The molecule has 0 saturated heterocycles. The Morgan fingerprint density at radius 1 is 0.885 bits per heavy atom. The molecule has 26 heavy (non-hydrogen) atoms. The minimum absolute atomic E-state index is 0.164. The Balaban J connectivity index is 1.68. The lowest BCUT2D eigenvalue weighted by Gasteiger charge is -2.12. The second-order valence-electron chi connectivity index (χ2n) is 5.83. The van der Waals surface area contributed by atoms with E-state index in [0.717, 1.165) is 16.8 Å². The van der Waals surface area contributed by atoms with Gasteiger partial charge in [-0.25, -0.2) is 0 Å². The van der Waals surface area contributed by atoms with E-state index in [9.17, 15) is 4.79 Å². The zero-order valence-electron chi connectivity index (χ0n) is 14.6. The number of amides is 1. The van der Waals surface area contributed by atoms with Crippen LogP contribution in [0, 0.1) is 0 Å². The summed E-state index contributed by atoms with van der Waals surface area (Å²) in [5.74, 6) is 0.539. The van der Waals surface area contributed by atoms with Crippen molar-refractivity contribution < 1.29 is 14.3 Å². The molecule has 0 aliphatic heterocycles. The molecule has 0 atom stereocenters. The van der Waals surface area contributed by atoms with Crippen molar-refractivity contribution in [1.29, 1.82) is 0 Å². The largest absolute Gasteiger partial charge is 0.496 e. The number of ether oxygens (including phenoxy) is 2. The Kier molecular flexibility index (Phi) is 6.01. The predicted molar refractivity (Wildman–Crippen MR) is 102 cm³/mol. The normalized spacial score (nSPS) is 10.3. The van der Waals surface area contributed by atoms with Gasteiger partial charge in [-0.05, 0) is 35.9 Å². The first-order chi connectivity index (χ1) is 12.8. The summed E-state index contributed by atoms with van der Waals surface area (Å²) in [4.78, 5) is 12.5. The van der Waals surface area contributed by atoms with Crippen LogP contribution in [0.4, 0.5) is 5.69 Å². The van der Waals surface area contributed by atoms with Crippen molar-refractivity contribution in [3.05, 3.63) is 95.6 Å². The van der Waals surface area contributed by atoms with E-state index in [2.05, 4.69) is 5.32 Å². The zero-order chi connectivity index (χ0) is 18.2. The average Bonchev–Trinajstić information content (AvgIpc) is 2.69. The monoisotopic (exact) mass is 347 g/mol. The van der Waals surface area contributed by atoms with Gasteiger partial charge in [0.2, 0.25) is 0 Å². The van der Waals surface area contributed by atoms with Crippen LogP contribution in [0.15, 0.2) is 78.9 Å². The number of nitrogens with one attached hydrogen (secondary N) is 1. The van der Waals surface area contributed by atoms with Gasteiger partial charge in [-0.3, -0.25) is 4.79 Å². The molecular formula is C22H21NO3. The molecule has 0 spiro atoms. The van der Waals surface area contributed by atoms with Crippen LogP contribution in [-0.2, 0) is 18.0 Å². The van der Waals surface area contributed by atoms with Gasteiger partial charge in [-0.15, -0.1) is 0 Å². The molecule has 0 bridgehead atoms. The number of hydrogen-bond acceptors (Lipinski definition) is 3. The fourth-order valence-corrected chi connectivity index (χ4v) is 2.61. The predicted octanol–water partition coefficient (Wildman–Crippen LogP) is 4.66. The van der Waals surface area contributed by atoms with Gasteiger partial charge in [-0.1, -0.05) is 48.5 Å². The molecule has 132 valence electrons. The van der Waals surface area contributed by atoms with Crippen LogP contribution in [-0.4, -0.2) is 13.0 Å². The Bertz CT molecular complexity index is 848. The highest BCUT2D eigenvalue weighted by molar-refractivity contribution is 6.04. The minimum atomic E-state index is -0.164. The third-order valence-electron chi connectivity index (χ3n) is 3.94. The number of anilines is 1. The standard InChI is InChI=1S/C22H21NO3/c1-25-21-13-12-18(22(24)23-20-10-6-3-7-11-20)14-19(21)16-26-15-17-8-4-2-5-9-17/h2-14H,15-16H2,1H3,(H,23,24). The van der Waals surface area contributed by atoms with E-state index in [1.165, 1.54) is 0 Å². The van der Waals surface area contributed by atoms with E-state index in [0.29, 0.717) is 24.5 Å². The molecule has 0 aliphatic rings. The molecule has 3 rings (SSSR count). The Labute approximate surface area is 153 Å². The van der Waals surface area contributed by atoms with Gasteiger partial charge in [0.15, 0.2) is 0 Å². The number of hydrogen-bond donors (Lipinski definition) is 1. The van der Waals surface area contributed by atoms with E-state index in [-0.39, 0.29) is 5.91 Å². The van der Waals surface area contributed by atoms with E-state index in [4.69, 9.17) is 9.47 Å². The topological polar surface area (TPSA) is 47.6 Å². The molecule has 1 amide bonds. The van der Waals surface area contributed by atoms with E-state index >= 15 is 0 Å². The molecule has 0 aliphatic carbocycles. The van der Waals surface area contributed by atoms with E-state index in [1.807, 2.05) is 66.7 Å². The van der Waals surface area contributed by atoms with E-state index in [1.54, 1.807) is 19.2 Å². The maximum atomic E-state index is 12.5. The maximum absolute atomic E-state index is 12.5. The number of rotatable bonds is 7. The van der Waals surface area contributed by atoms with Gasteiger partial charge in [0.05, 0.1) is 20.3 Å². The SMILES string of the molecule is COc1ccc(C(=O)Nc2ccccc2)cc1COCc1ccccc1. The molecule has 0 heterocycles. The van der Waals surface area contributed by atoms with Crippen molar-refractivity contribution in [3.63, 3.8) is 0 Å². The Morgan fingerprint density at radius 2 is 1.58 bits per heavy atom. The molecule has 0 fully saturated rings. The summed E-state index contributed by atoms with van der Waals surface area (Å²) in [6, 6.07) is 24.7. The van der Waals surface area contributed by atoms with Crippen molar-refractivity contribution >= 4 is 11.6 Å². The first kappa shape index (κ1) is 17.7. The van der Waals surface area contributed by atoms with Gasteiger partial charge >= 0.3 is 0 Å². The van der Waals surface area contributed by atoms with Gasteiger partial charge in [0, 0.05) is 16.8 Å². The van der Waals surface area contributed by atoms with Crippen molar-refractivity contribution in [2.45, 2.75) is 13.2 Å². The number of para-hydroxylation sites is 1. The lowest BCUT2D eigenvalue weighted by molar-refractivity contribution is 0.102. The van der Waals surface area contributed by atoms with Crippen LogP contribution >= 0.6 is 0 Å². The summed E-state index contributed by atoms with van der Waals surface area (Å²) < 4.78 is 11.2. The molecule has 4 heteroatoms. The smallest absolute Gasteiger partial charge is 0.255 e. The second kappa shape index (κ2) is 8.83. The summed E-state index contributed by atoms with van der Waals surface area (Å²) in [5.41, 5.74) is 3.26. The highest BCUT2D eigenvalue weighted by Crippen LogP contribution is 2.22. The van der Waals surface area contributed by atoms with Crippen molar-refractivity contribution in [1.82, 2.24) is 0 Å². The van der Waals surface area contributed by atoms with Crippen molar-refractivity contribution in [2.75, 3.05) is 12.4 Å². The number of benzene rings is 3. The van der Waals surface area contributed by atoms with Crippen molar-refractivity contribution in [2.24, 2.45) is 0 Å². The first-order valence-electron chi connectivity index (χ1n) is 8.41. The molecule has 0 unspecified atom stereocenters. The van der Waals surface area contributed by atoms with Crippen LogP contribution in [0.25, 0.3) is 0 Å². The molecule has 0 radical (unpaired) electrons. The van der Waals surface area contributed by atoms with Crippen LogP contribution < -0.4 is 10.1 Å². The molecule has 3 aromatic carbocycles. The molecule has 0 aromatic heterocycles. The first-order valence-corrected chi connectivity index (χ1v) is 8.41. The van der Waals surface area contributed by atoms with Gasteiger partial charge in [0.1, 0.15) is 5.75 Å². The summed E-state index contributed by atoms with van der Waals surface area (Å²) in [6.07, 6.45) is 0.